The van der Waals surface area contributed by atoms with Gasteiger partial charge in [0.1, 0.15) is 34.5 Å². The lowest BCUT2D eigenvalue weighted by molar-refractivity contribution is -0.384. The van der Waals surface area contributed by atoms with Crippen molar-refractivity contribution in [2.24, 2.45) is 0 Å². The SMILES string of the molecule is C=CC(=O)Oc1ccc(Oc2cccc(C(=CC=Cc3ccc(N(c4cccc([N+](=O)[O-])c4)c4cccc([N+](=O)[O-])c4)cc3Cl)c3cccc(Oc4ccc(OC(=O)C=C)cc4)c3)c2)cc1. The van der Waals surface area contributed by atoms with E-state index in [1.807, 2.05) is 66.8 Å². The van der Waals surface area contributed by atoms with Crippen molar-refractivity contribution in [3.8, 4) is 34.5 Å². The molecule has 0 aromatic heterocycles. The van der Waals surface area contributed by atoms with Gasteiger partial charge in [-0.1, -0.05) is 85.5 Å². The van der Waals surface area contributed by atoms with Crippen molar-refractivity contribution in [2.45, 2.75) is 0 Å². The number of allylic oxidation sites excluding steroid dienone is 2. The molecular weight excluding hydrogens is 862 g/mol. The standard InChI is InChI=1S/C52H36ClN3O10/c1-3-51(57)65-45-26-22-43(23-27-45)63-47-17-5-11-36(30-47)49(37-12-6-18-48(31-37)64-44-24-28-46(29-25-44)66-52(58)4-2)19-7-10-35-20-21-40(34-50(35)53)54(38-13-8-15-41(32-38)55(59)60)39-14-9-16-42(33-39)56(61)62/h3-34H,1-2H2. The summed E-state index contributed by atoms with van der Waals surface area (Å²) in [5.74, 6) is 1.58. The van der Waals surface area contributed by atoms with Crippen LogP contribution >= 0.6 is 11.6 Å². The van der Waals surface area contributed by atoms with Gasteiger partial charge in [0.15, 0.2) is 0 Å². The van der Waals surface area contributed by atoms with E-state index < -0.39 is 21.8 Å². The lowest BCUT2D eigenvalue weighted by atomic mass is 9.96. The van der Waals surface area contributed by atoms with Crippen LogP contribution in [0, 0.1) is 20.2 Å². The van der Waals surface area contributed by atoms with Gasteiger partial charge in [0.25, 0.3) is 11.4 Å². The van der Waals surface area contributed by atoms with Crippen molar-refractivity contribution in [3.63, 3.8) is 0 Å². The lowest BCUT2D eigenvalue weighted by Gasteiger charge is -2.25. The van der Waals surface area contributed by atoms with Crippen LogP contribution in [0.25, 0.3) is 11.6 Å². The molecule has 7 aromatic carbocycles. The number of halogens is 1. The number of non-ortho nitro benzene ring substituents is 2. The molecule has 0 spiro atoms. The Morgan fingerprint density at radius 2 is 0.970 bits per heavy atom. The van der Waals surface area contributed by atoms with Crippen LogP contribution in [0.3, 0.4) is 0 Å². The fourth-order valence-electron chi connectivity index (χ4n) is 6.53. The van der Waals surface area contributed by atoms with Gasteiger partial charge in [-0.3, -0.25) is 20.2 Å². The Hall–Kier alpha value is -9.07. The first kappa shape index (κ1) is 45.0. The second kappa shape index (κ2) is 20.9. The molecule has 0 aliphatic rings. The van der Waals surface area contributed by atoms with Gasteiger partial charge in [0, 0.05) is 47.1 Å². The highest BCUT2D eigenvalue weighted by Crippen LogP contribution is 2.39. The quantitative estimate of drug-likeness (QED) is 0.0214. The molecular formula is C52H36ClN3O10. The van der Waals surface area contributed by atoms with Gasteiger partial charge in [-0.05, 0) is 119 Å². The number of carbonyl (C=O) groups is 2. The lowest BCUT2D eigenvalue weighted by Crippen LogP contribution is -2.10. The Morgan fingerprint density at radius 3 is 1.41 bits per heavy atom. The van der Waals surface area contributed by atoms with Gasteiger partial charge in [0.2, 0.25) is 0 Å². The first-order chi connectivity index (χ1) is 32.0. The van der Waals surface area contributed by atoms with Crippen molar-refractivity contribution in [1.29, 1.82) is 0 Å². The van der Waals surface area contributed by atoms with Gasteiger partial charge in [0.05, 0.1) is 21.2 Å². The normalized spacial score (nSPS) is 10.6. The van der Waals surface area contributed by atoms with Crippen molar-refractivity contribution >= 4 is 63.6 Å². The highest BCUT2D eigenvalue weighted by atomic mass is 35.5. The average Bonchev–Trinajstić information content (AvgIpc) is 3.32. The number of esters is 2. The van der Waals surface area contributed by atoms with E-state index in [9.17, 15) is 29.8 Å². The molecule has 0 bridgehead atoms. The zero-order chi connectivity index (χ0) is 46.6. The maximum Gasteiger partial charge on any atom is 0.335 e. The summed E-state index contributed by atoms with van der Waals surface area (Å²) in [5, 5.41) is 23.8. The Bertz CT molecular complexity index is 2870. The predicted molar refractivity (Wildman–Crippen MR) is 253 cm³/mol. The first-order valence-corrected chi connectivity index (χ1v) is 20.3. The Labute approximate surface area is 383 Å². The average molecular weight is 898 g/mol. The van der Waals surface area contributed by atoms with Crippen LogP contribution in [0.15, 0.2) is 201 Å². The van der Waals surface area contributed by atoms with Crippen molar-refractivity contribution in [2.75, 3.05) is 4.90 Å². The van der Waals surface area contributed by atoms with Gasteiger partial charge >= 0.3 is 11.9 Å². The number of carbonyl (C=O) groups excluding carboxylic acids is 2. The molecule has 0 heterocycles. The summed E-state index contributed by atoms with van der Waals surface area (Å²) in [6, 6.07) is 45.2. The molecule has 13 nitrogen and oxygen atoms in total. The summed E-state index contributed by atoms with van der Waals surface area (Å²) >= 11 is 6.93. The van der Waals surface area contributed by atoms with Crippen LogP contribution in [0.2, 0.25) is 5.02 Å². The second-order valence-corrected chi connectivity index (χ2v) is 14.4. The molecule has 0 saturated carbocycles. The third-order valence-corrected chi connectivity index (χ3v) is 9.88. The minimum Gasteiger partial charge on any atom is -0.457 e. The fourth-order valence-corrected chi connectivity index (χ4v) is 6.77. The number of rotatable bonds is 17. The smallest absolute Gasteiger partial charge is 0.335 e. The van der Waals surface area contributed by atoms with Crippen LogP contribution in [0.1, 0.15) is 16.7 Å². The van der Waals surface area contributed by atoms with Crippen LogP contribution in [-0.2, 0) is 9.59 Å². The van der Waals surface area contributed by atoms with Crippen molar-refractivity contribution in [1.82, 2.24) is 0 Å². The highest BCUT2D eigenvalue weighted by molar-refractivity contribution is 6.32. The van der Waals surface area contributed by atoms with E-state index in [0.717, 1.165) is 28.9 Å². The van der Waals surface area contributed by atoms with Gasteiger partial charge in [-0.15, -0.1) is 0 Å². The van der Waals surface area contributed by atoms with Crippen LogP contribution in [0.5, 0.6) is 34.5 Å². The maximum atomic E-state index is 11.7. The Kier molecular flexibility index (Phi) is 14.2. The van der Waals surface area contributed by atoms with Crippen molar-refractivity contribution < 1.29 is 38.4 Å². The number of benzene rings is 7. The molecule has 0 N–H and O–H groups in total. The molecule has 7 aromatic rings. The monoisotopic (exact) mass is 897 g/mol. The number of hydrogen-bond acceptors (Lipinski definition) is 11. The molecule has 0 aliphatic heterocycles. The molecule has 14 heteroatoms. The molecule has 7 rings (SSSR count). The third kappa shape index (κ3) is 11.5. The number of nitrogens with zero attached hydrogens (tertiary/aromatic N) is 3. The number of hydrogen-bond donors (Lipinski definition) is 0. The molecule has 0 unspecified atom stereocenters. The number of ether oxygens (including phenoxy) is 4. The predicted octanol–water partition coefficient (Wildman–Crippen LogP) is 13.5. The van der Waals surface area contributed by atoms with Gasteiger partial charge in [-0.25, -0.2) is 9.59 Å². The molecule has 0 aliphatic carbocycles. The maximum absolute atomic E-state index is 11.7. The second-order valence-electron chi connectivity index (χ2n) is 14.0. The van der Waals surface area contributed by atoms with E-state index in [1.165, 1.54) is 36.4 Å². The van der Waals surface area contributed by atoms with E-state index in [0.29, 0.717) is 62.1 Å². The summed E-state index contributed by atoms with van der Waals surface area (Å²) in [6.07, 6.45) is 7.72. The minimum absolute atomic E-state index is 0.157. The van der Waals surface area contributed by atoms with Crippen LogP contribution in [-0.4, -0.2) is 21.8 Å². The summed E-state index contributed by atoms with van der Waals surface area (Å²) in [4.78, 5) is 47.4. The third-order valence-electron chi connectivity index (χ3n) is 9.56. The molecule has 0 saturated heterocycles. The molecule has 0 radical (unpaired) electrons. The number of nitro benzene ring substituents is 2. The molecule has 0 amide bonds. The van der Waals surface area contributed by atoms with E-state index in [1.54, 1.807) is 83.8 Å². The van der Waals surface area contributed by atoms with Crippen LogP contribution in [0.4, 0.5) is 28.4 Å². The van der Waals surface area contributed by atoms with E-state index in [2.05, 4.69) is 13.2 Å². The van der Waals surface area contributed by atoms with Crippen molar-refractivity contribution in [3.05, 3.63) is 243 Å². The van der Waals surface area contributed by atoms with Gasteiger partial charge < -0.3 is 23.8 Å². The van der Waals surface area contributed by atoms with E-state index in [4.69, 9.17) is 30.5 Å². The number of nitro groups is 2. The van der Waals surface area contributed by atoms with Crippen LogP contribution < -0.4 is 23.8 Å². The molecule has 66 heavy (non-hydrogen) atoms. The minimum atomic E-state index is -0.578. The number of anilines is 3. The first-order valence-electron chi connectivity index (χ1n) is 19.9. The largest absolute Gasteiger partial charge is 0.457 e. The van der Waals surface area contributed by atoms with Gasteiger partial charge in [-0.2, -0.15) is 0 Å². The molecule has 326 valence electrons. The zero-order valence-electron chi connectivity index (χ0n) is 34.7. The summed E-state index contributed by atoms with van der Waals surface area (Å²) < 4.78 is 22.8. The molecule has 0 atom stereocenters. The summed E-state index contributed by atoms with van der Waals surface area (Å²) in [5.41, 5.74) is 3.95. The highest BCUT2D eigenvalue weighted by Gasteiger charge is 2.19. The topological polar surface area (TPSA) is 161 Å². The molecule has 0 fully saturated rings. The zero-order valence-corrected chi connectivity index (χ0v) is 35.4. The summed E-state index contributed by atoms with van der Waals surface area (Å²) in [7, 11) is 0. The summed E-state index contributed by atoms with van der Waals surface area (Å²) in [6.45, 7) is 6.84. The van der Waals surface area contributed by atoms with E-state index >= 15 is 0 Å². The Balaban J connectivity index is 1.22. The fraction of sp³-hybridized carbons (Fsp3) is 0. The Morgan fingerprint density at radius 1 is 0.530 bits per heavy atom. The van der Waals surface area contributed by atoms with E-state index in [-0.39, 0.29) is 11.4 Å².